The van der Waals surface area contributed by atoms with Gasteiger partial charge in [-0.05, 0) is 6.92 Å². The molecule has 1 aromatic rings. The van der Waals surface area contributed by atoms with E-state index in [0.717, 1.165) is 24.5 Å². The van der Waals surface area contributed by atoms with Gasteiger partial charge in [0.25, 0.3) is 0 Å². The predicted molar refractivity (Wildman–Crippen MR) is 48.2 cm³/mol. The highest BCUT2D eigenvalue weighted by atomic mass is 16.3. The molecule has 0 unspecified atom stereocenters. The smallest absolute Gasteiger partial charge is 0.130 e. The Kier molecular flexibility index (Phi) is 1.61. The Morgan fingerprint density at radius 2 is 2.17 bits per heavy atom. The first-order valence-electron chi connectivity index (χ1n) is 4.22. The zero-order chi connectivity index (χ0) is 8.72. The van der Waals surface area contributed by atoms with E-state index in [1.54, 1.807) is 0 Å². The SMILES string of the molecule is Cc1cc2c(o1)CCN(C)N2C. The summed E-state index contributed by atoms with van der Waals surface area (Å²) in [5.41, 5.74) is 1.21. The molecule has 0 spiro atoms. The minimum atomic E-state index is 1.00. The van der Waals surface area contributed by atoms with Gasteiger partial charge in [-0.3, -0.25) is 0 Å². The van der Waals surface area contributed by atoms with E-state index in [2.05, 4.69) is 30.2 Å². The molecular weight excluding hydrogens is 152 g/mol. The molecule has 2 rings (SSSR count). The largest absolute Gasteiger partial charge is 0.464 e. The van der Waals surface area contributed by atoms with Gasteiger partial charge in [0.15, 0.2) is 0 Å². The number of anilines is 1. The van der Waals surface area contributed by atoms with Crippen LogP contribution in [-0.4, -0.2) is 25.6 Å². The summed E-state index contributed by atoms with van der Waals surface area (Å²) < 4.78 is 5.56. The van der Waals surface area contributed by atoms with Crippen LogP contribution >= 0.6 is 0 Å². The third-order valence-electron chi connectivity index (χ3n) is 2.43. The molecule has 66 valence electrons. The lowest BCUT2D eigenvalue weighted by Gasteiger charge is -2.33. The molecule has 0 amide bonds. The van der Waals surface area contributed by atoms with E-state index in [1.807, 2.05) is 6.92 Å². The Morgan fingerprint density at radius 1 is 1.42 bits per heavy atom. The summed E-state index contributed by atoms with van der Waals surface area (Å²) in [7, 11) is 4.15. The van der Waals surface area contributed by atoms with Crippen molar-refractivity contribution in [2.24, 2.45) is 0 Å². The van der Waals surface area contributed by atoms with Crippen molar-refractivity contribution in [1.82, 2.24) is 5.01 Å². The maximum Gasteiger partial charge on any atom is 0.130 e. The van der Waals surface area contributed by atoms with E-state index in [4.69, 9.17) is 4.42 Å². The first-order chi connectivity index (χ1) is 5.68. The highest BCUT2D eigenvalue weighted by Crippen LogP contribution is 2.28. The van der Waals surface area contributed by atoms with Crippen LogP contribution in [0.5, 0.6) is 0 Å². The monoisotopic (exact) mass is 166 g/mol. The lowest BCUT2D eigenvalue weighted by atomic mass is 10.2. The van der Waals surface area contributed by atoms with Crippen LogP contribution in [0.4, 0.5) is 5.69 Å². The van der Waals surface area contributed by atoms with Crippen molar-refractivity contribution in [2.45, 2.75) is 13.3 Å². The summed E-state index contributed by atoms with van der Waals surface area (Å²) in [5, 5.41) is 4.33. The molecule has 0 saturated heterocycles. The van der Waals surface area contributed by atoms with Crippen LogP contribution < -0.4 is 5.01 Å². The molecule has 0 saturated carbocycles. The second kappa shape index (κ2) is 2.52. The molecule has 12 heavy (non-hydrogen) atoms. The van der Waals surface area contributed by atoms with Gasteiger partial charge in [-0.1, -0.05) is 0 Å². The average Bonchev–Trinajstić information content (AvgIpc) is 2.39. The Morgan fingerprint density at radius 3 is 2.92 bits per heavy atom. The van der Waals surface area contributed by atoms with Crippen molar-refractivity contribution in [1.29, 1.82) is 0 Å². The Balaban J connectivity index is 2.41. The van der Waals surface area contributed by atoms with E-state index >= 15 is 0 Å². The number of hydrazine groups is 1. The number of aryl methyl sites for hydroxylation is 1. The van der Waals surface area contributed by atoms with Crippen LogP contribution in [0.15, 0.2) is 10.5 Å². The van der Waals surface area contributed by atoms with Crippen LogP contribution in [0.3, 0.4) is 0 Å². The average molecular weight is 166 g/mol. The highest BCUT2D eigenvalue weighted by molar-refractivity contribution is 5.51. The summed E-state index contributed by atoms with van der Waals surface area (Å²) in [6, 6.07) is 2.09. The Labute approximate surface area is 72.5 Å². The van der Waals surface area contributed by atoms with Crippen molar-refractivity contribution < 1.29 is 4.42 Å². The normalized spacial score (nSPS) is 18.1. The molecule has 1 aliphatic heterocycles. The van der Waals surface area contributed by atoms with Crippen molar-refractivity contribution in [3.8, 4) is 0 Å². The molecule has 0 atom stereocenters. The van der Waals surface area contributed by atoms with Crippen molar-refractivity contribution in [3.05, 3.63) is 17.6 Å². The Hall–Kier alpha value is -0.960. The molecule has 0 N–H and O–H groups in total. The van der Waals surface area contributed by atoms with Gasteiger partial charge in [-0.15, -0.1) is 0 Å². The third-order valence-corrected chi connectivity index (χ3v) is 2.43. The van der Waals surface area contributed by atoms with Crippen LogP contribution in [0.1, 0.15) is 11.5 Å². The van der Waals surface area contributed by atoms with Crippen molar-refractivity contribution >= 4 is 5.69 Å². The molecule has 3 heteroatoms. The number of nitrogens with zero attached hydrogens (tertiary/aromatic N) is 2. The van der Waals surface area contributed by atoms with Crippen LogP contribution in [0, 0.1) is 6.92 Å². The fourth-order valence-electron chi connectivity index (χ4n) is 1.60. The zero-order valence-electron chi connectivity index (χ0n) is 7.79. The first kappa shape index (κ1) is 7.68. The van der Waals surface area contributed by atoms with E-state index < -0.39 is 0 Å². The summed E-state index contributed by atoms with van der Waals surface area (Å²) >= 11 is 0. The minimum absolute atomic E-state index is 1.00. The minimum Gasteiger partial charge on any atom is -0.464 e. The summed E-state index contributed by atoms with van der Waals surface area (Å²) in [4.78, 5) is 0. The highest BCUT2D eigenvalue weighted by Gasteiger charge is 2.21. The van der Waals surface area contributed by atoms with Gasteiger partial charge in [0.2, 0.25) is 0 Å². The summed E-state index contributed by atoms with van der Waals surface area (Å²) in [6.07, 6.45) is 1.02. The molecule has 1 aromatic heterocycles. The van der Waals surface area contributed by atoms with Crippen molar-refractivity contribution in [3.63, 3.8) is 0 Å². The lowest BCUT2D eigenvalue weighted by Crippen LogP contribution is -2.41. The van der Waals surface area contributed by atoms with Gasteiger partial charge in [0, 0.05) is 33.1 Å². The number of furan rings is 1. The number of fused-ring (bicyclic) bond motifs is 1. The molecule has 1 aliphatic rings. The number of hydrogen-bond donors (Lipinski definition) is 0. The molecule has 3 nitrogen and oxygen atoms in total. The van der Waals surface area contributed by atoms with Gasteiger partial charge in [-0.2, -0.15) is 0 Å². The first-order valence-corrected chi connectivity index (χ1v) is 4.22. The molecule has 0 fully saturated rings. The van der Waals surface area contributed by atoms with Crippen LogP contribution in [0.25, 0.3) is 0 Å². The second-order valence-electron chi connectivity index (χ2n) is 3.32. The lowest BCUT2D eigenvalue weighted by molar-refractivity contribution is 0.295. The van der Waals surface area contributed by atoms with Gasteiger partial charge in [-0.25, -0.2) is 5.01 Å². The molecule has 0 bridgehead atoms. The maximum absolute atomic E-state index is 5.56. The molecule has 0 aliphatic carbocycles. The fourth-order valence-corrected chi connectivity index (χ4v) is 1.60. The van der Waals surface area contributed by atoms with E-state index in [-0.39, 0.29) is 0 Å². The second-order valence-corrected chi connectivity index (χ2v) is 3.32. The van der Waals surface area contributed by atoms with Gasteiger partial charge in [0.05, 0.1) is 5.69 Å². The molecule has 0 aromatic carbocycles. The van der Waals surface area contributed by atoms with Gasteiger partial charge in [0.1, 0.15) is 11.5 Å². The number of rotatable bonds is 0. The van der Waals surface area contributed by atoms with Crippen LogP contribution in [0.2, 0.25) is 0 Å². The van der Waals surface area contributed by atoms with Crippen LogP contribution in [-0.2, 0) is 6.42 Å². The van der Waals surface area contributed by atoms with E-state index in [9.17, 15) is 0 Å². The van der Waals surface area contributed by atoms with Gasteiger partial charge >= 0.3 is 0 Å². The van der Waals surface area contributed by atoms with Gasteiger partial charge < -0.3 is 9.43 Å². The quantitative estimate of drug-likeness (QED) is 0.581. The topological polar surface area (TPSA) is 19.6 Å². The maximum atomic E-state index is 5.56. The Bertz CT molecular complexity index is 293. The van der Waals surface area contributed by atoms with E-state index in [0.29, 0.717) is 0 Å². The number of likely N-dealkylation sites (N-methyl/N-ethyl adjacent to an activating group) is 1. The standard InChI is InChI=1S/C9H14N2O/c1-7-6-8-9(12-7)4-5-10(2)11(8)3/h6H,4-5H2,1-3H3. The summed E-state index contributed by atoms with van der Waals surface area (Å²) in [6.45, 7) is 3.03. The fraction of sp³-hybridized carbons (Fsp3) is 0.556. The van der Waals surface area contributed by atoms with E-state index in [1.165, 1.54) is 5.69 Å². The third kappa shape index (κ3) is 1.01. The molecular formula is C9H14N2O. The number of hydrogen-bond acceptors (Lipinski definition) is 3. The molecule has 2 heterocycles. The molecule has 0 radical (unpaired) electrons. The zero-order valence-corrected chi connectivity index (χ0v) is 7.79. The predicted octanol–water partition coefficient (Wildman–Crippen LogP) is 1.43. The van der Waals surface area contributed by atoms with Crippen molar-refractivity contribution in [2.75, 3.05) is 25.6 Å². The summed E-state index contributed by atoms with van der Waals surface area (Å²) in [5.74, 6) is 2.12.